The minimum Gasteiger partial charge on any atom is -0.482 e. The quantitative estimate of drug-likeness (QED) is 0.580. The van der Waals surface area contributed by atoms with Crippen molar-refractivity contribution in [3.05, 3.63) is 17.7 Å². The first-order valence-electron chi connectivity index (χ1n) is 4.00. The van der Waals surface area contributed by atoms with E-state index in [1.165, 1.54) is 0 Å². The van der Waals surface area contributed by atoms with Gasteiger partial charge in [-0.25, -0.2) is 0 Å². The van der Waals surface area contributed by atoms with Crippen molar-refractivity contribution >= 4 is 17.3 Å². The van der Waals surface area contributed by atoms with E-state index >= 15 is 0 Å². The molecule has 0 spiro atoms. The Balaban J connectivity index is 2.54. The third kappa shape index (κ3) is 1.20. The highest BCUT2D eigenvalue weighted by Crippen LogP contribution is 2.33. The van der Waals surface area contributed by atoms with E-state index in [9.17, 15) is 4.79 Å². The number of benzene rings is 1. The van der Waals surface area contributed by atoms with E-state index in [-0.39, 0.29) is 12.5 Å². The molecule has 1 aromatic carbocycles. The van der Waals surface area contributed by atoms with Crippen LogP contribution in [0.2, 0.25) is 0 Å². The lowest BCUT2D eigenvalue weighted by Gasteiger charge is -2.20. The fourth-order valence-corrected chi connectivity index (χ4v) is 1.30. The van der Waals surface area contributed by atoms with Gasteiger partial charge in [-0.05, 0) is 24.6 Å². The summed E-state index contributed by atoms with van der Waals surface area (Å²) >= 11 is 0. The lowest BCUT2D eigenvalue weighted by molar-refractivity contribution is -0.118. The van der Waals surface area contributed by atoms with Gasteiger partial charge in [0.1, 0.15) is 5.75 Å². The van der Waals surface area contributed by atoms with Crippen molar-refractivity contribution in [3.63, 3.8) is 0 Å². The van der Waals surface area contributed by atoms with Gasteiger partial charge in [-0.3, -0.25) is 4.79 Å². The van der Waals surface area contributed by atoms with E-state index in [1.54, 1.807) is 12.1 Å². The second kappa shape index (κ2) is 2.65. The second-order valence-corrected chi connectivity index (χ2v) is 2.99. The number of ether oxygens (including phenoxy) is 1. The van der Waals surface area contributed by atoms with Gasteiger partial charge in [0.05, 0.1) is 5.69 Å². The Morgan fingerprint density at radius 1 is 1.54 bits per heavy atom. The maximum atomic E-state index is 11.0. The van der Waals surface area contributed by atoms with Gasteiger partial charge >= 0.3 is 0 Å². The van der Waals surface area contributed by atoms with E-state index in [1.807, 2.05) is 6.92 Å². The Morgan fingerprint density at radius 3 is 3.08 bits per heavy atom. The smallest absolute Gasteiger partial charge is 0.262 e. The third-order valence-corrected chi connectivity index (χ3v) is 2.09. The highest BCUT2D eigenvalue weighted by atomic mass is 16.5. The molecule has 0 fully saturated rings. The predicted octanol–water partition coefficient (Wildman–Crippen LogP) is 0.908. The summed E-state index contributed by atoms with van der Waals surface area (Å²) in [5.74, 6) is 0.549. The highest BCUT2D eigenvalue weighted by Gasteiger charge is 2.18. The van der Waals surface area contributed by atoms with Crippen LogP contribution in [0.25, 0.3) is 0 Å². The molecular formula is C9H10N2O2. The summed E-state index contributed by atoms with van der Waals surface area (Å²) < 4.78 is 5.20. The number of amides is 1. The van der Waals surface area contributed by atoms with Crippen molar-refractivity contribution < 1.29 is 9.53 Å². The molecule has 1 aliphatic rings. The number of carbonyl (C=O) groups excluding carboxylic acids is 1. The maximum Gasteiger partial charge on any atom is 0.262 e. The molecule has 2 rings (SSSR count). The number of nitrogens with two attached hydrogens (primary N) is 1. The minimum absolute atomic E-state index is 0.0797. The van der Waals surface area contributed by atoms with Crippen LogP contribution in [0.15, 0.2) is 12.1 Å². The van der Waals surface area contributed by atoms with E-state index in [0.29, 0.717) is 17.1 Å². The molecule has 0 aliphatic carbocycles. The topological polar surface area (TPSA) is 64.3 Å². The summed E-state index contributed by atoms with van der Waals surface area (Å²) in [5, 5.41) is 2.73. The number of hydrogen-bond donors (Lipinski definition) is 2. The van der Waals surface area contributed by atoms with E-state index in [2.05, 4.69) is 5.32 Å². The molecule has 1 amide bonds. The van der Waals surface area contributed by atoms with Crippen LogP contribution in [-0.4, -0.2) is 12.5 Å². The molecule has 1 heterocycles. The van der Waals surface area contributed by atoms with Gasteiger partial charge in [-0.2, -0.15) is 0 Å². The Hall–Kier alpha value is -1.71. The zero-order valence-corrected chi connectivity index (χ0v) is 7.26. The van der Waals surface area contributed by atoms with Crippen LogP contribution in [0.4, 0.5) is 11.4 Å². The molecule has 0 aromatic heterocycles. The number of hydrogen-bond acceptors (Lipinski definition) is 3. The van der Waals surface area contributed by atoms with Gasteiger partial charge in [0.25, 0.3) is 5.91 Å². The average Bonchev–Trinajstić information content (AvgIpc) is 2.12. The molecule has 13 heavy (non-hydrogen) atoms. The highest BCUT2D eigenvalue weighted by molar-refractivity contribution is 5.97. The predicted molar refractivity (Wildman–Crippen MR) is 49.7 cm³/mol. The van der Waals surface area contributed by atoms with Gasteiger partial charge in [-0.15, -0.1) is 0 Å². The summed E-state index contributed by atoms with van der Waals surface area (Å²) in [4.78, 5) is 11.0. The van der Waals surface area contributed by atoms with E-state index in [4.69, 9.17) is 10.5 Å². The first-order chi connectivity index (χ1) is 6.18. The van der Waals surface area contributed by atoms with Crippen LogP contribution in [0.5, 0.6) is 5.75 Å². The van der Waals surface area contributed by atoms with Crippen LogP contribution in [0.1, 0.15) is 5.56 Å². The van der Waals surface area contributed by atoms with E-state index < -0.39 is 0 Å². The average molecular weight is 178 g/mol. The molecular weight excluding hydrogens is 168 g/mol. The lowest BCUT2D eigenvalue weighted by atomic mass is 10.1. The molecule has 3 N–H and O–H groups in total. The first-order valence-corrected chi connectivity index (χ1v) is 4.00. The monoisotopic (exact) mass is 178 g/mol. The number of nitrogen functional groups attached to an aromatic ring is 1. The normalized spacial score (nSPS) is 14.4. The summed E-state index contributed by atoms with van der Waals surface area (Å²) in [5.41, 5.74) is 7.88. The van der Waals surface area contributed by atoms with Crippen molar-refractivity contribution in [1.29, 1.82) is 0 Å². The van der Waals surface area contributed by atoms with Crippen molar-refractivity contribution in [2.24, 2.45) is 0 Å². The Bertz CT molecular complexity index is 374. The number of anilines is 2. The van der Waals surface area contributed by atoms with Gasteiger partial charge < -0.3 is 15.8 Å². The van der Waals surface area contributed by atoms with Crippen molar-refractivity contribution in [2.45, 2.75) is 6.92 Å². The summed E-state index contributed by atoms with van der Waals surface area (Å²) in [7, 11) is 0. The second-order valence-electron chi connectivity index (χ2n) is 2.99. The summed E-state index contributed by atoms with van der Waals surface area (Å²) in [6.45, 7) is 1.93. The Labute approximate surface area is 75.7 Å². The molecule has 0 saturated carbocycles. The van der Waals surface area contributed by atoms with Crippen molar-refractivity contribution in [1.82, 2.24) is 0 Å². The molecule has 4 nitrogen and oxygen atoms in total. The van der Waals surface area contributed by atoms with Crippen LogP contribution in [0.3, 0.4) is 0 Å². The third-order valence-electron chi connectivity index (χ3n) is 2.09. The molecule has 0 unspecified atom stereocenters. The molecule has 1 aliphatic heterocycles. The molecule has 4 heteroatoms. The zero-order chi connectivity index (χ0) is 9.42. The van der Waals surface area contributed by atoms with Crippen molar-refractivity contribution in [3.8, 4) is 5.75 Å². The van der Waals surface area contributed by atoms with Crippen LogP contribution in [0, 0.1) is 6.92 Å². The molecule has 0 bridgehead atoms. The SMILES string of the molecule is Cc1c(N)ccc2c1NC(=O)CO2. The summed E-state index contributed by atoms with van der Waals surface area (Å²) in [6.07, 6.45) is 0. The zero-order valence-electron chi connectivity index (χ0n) is 7.26. The number of nitrogens with one attached hydrogen (secondary N) is 1. The van der Waals surface area contributed by atoms with Crippen LogP contribution in [-0.2, 0) is 4.79 Å². The number of fused-ring (bicyclic) bond motifs is 1. The molecule has 0 saturated heterocycles. The molecule has 0 radical (unpaired) electrons. The minimum atomic E-state index is -0.138. The number of carbonyl (C=O) groups is 1. The standard InChI is InChI=1S/C9H10N2O2/c1-5-6(10)2-3-7-9(5)11-8(12)4-13-7/h2-3H,4,10H2,1H3,(H,11,12). The fraction of sp³-hybridized carbons (Fsp3) is 0.222. The largest absolute Gasteiger partial charge is 0.482 e. The van der Waals surface area contributed by atoms with E-state index in [0.717, 1.165) is 5.56 Å². The lowest BCUT2D eigenvalue weighted by Crippen LogP contribution is -2.26. The molecule has 68 valence electrons. The molecule has 0 atom stereocenters. The fourth-order valence-electron chi connectivity index (χ4n) is 1.30. The first kappa shape index (κ1) is 7.91. The van der Waals surface area contributed by atoms with Gasteiger partial charge in [0.2, 0.25) is 0 Å². The molecule has 1 aromatic rings. The Kier molecular flexibility index (Phi) is 1.62. The summed E-state index contributed by atoms with van der Waals surface area (Å²) in [6, 6.07) is 3.53. The Morgan fingerprint density at radius 2 is 2.31 bits per heavy atom. The van der Waals surface area contributed by atoms with Crippen LogP contribution < -0.4 is 15.8 Å². The van der Waals surface area contributed by atoms with Gasteiger partial charge in [-0.1, -0.05) is 0 Å². The van der Waals surface area contributed by atoms with Gasteiger partial charge in [0.15, 0.2) is 6.61 Å². The van der Waals surface area contributed by atoms with Crippen molar-refractivity contribution in [2.75, 3.05) is 17.7 Å². The van der Waals surface area contributed by atoms with Crippen LogP contribution >= 0.6 is 0 Å². The maximum absolute atomic E-state index is 11.0. The number of rotatable bonds is 0. The van der Waals surface area contributed by atoms with Gasteiger partial charge in [0, 0.05) is 5.69 Å².